The molecular formula is C16H28N2O5S. The second-order valence-corrected chi connectivity index (χ2v) is 6.92. The van der Waals surface area contributed by atoms with E-state index in [1.54, 1.807) is 0 Å². The summed E-state index contributed by atoms with van der Waals surface area (Å²) in [5.41, 5.74) is 3.41. The molecule has 0 saturated carbocycles. The molecule has 0 fully saturated rings. The average Bonchev–Trinajstić information content (AvgIpc) is 2.54. The first-order valence-electron chi connectivity index (χ1n) is 8.32. The monoisotopic (exact) mass is 360 g/mol. The van der Waals surface area contributed by atoms with E-state index in [4.69, 9.17) is 0 Å². The summed E-state index contributed by atoms with van der Waals surface area (Å²) in [5.74, 6) is 0. The van der Waals surface area contributed by atoms with Crippen molar-refractivity contribution in [1.82, 2.24) is 0 Å². The van der Waals surface area contributed by atoms with Crippen molar-refractivity contribution in [3.05, 3.63) is 34.4 Å². The van der Waals surface area contributed by atoms with Crippen LogP contribution in [0.4, 0.5) is 5.69 Å². The molecule has 1 aromatic rings. The zero-order valence-corrected chi connectivity index (χ0v) is 15.1. The fourth-order valence-electron chi connectivity index (χ4n) is 2.06. The quantitative estimate of drug-likeness (QED) is 0.297. The number of unbranched alkanes of at least 4 members (excludes halogenated alkanes) is 7. The summed E-state index contributed by atoms with van der Waals surface area (Å²) in [4.78, 5) is 8.82. The number of nitro benzene ring substituents is 1. The lowest BCUT2D eigenvalue weighted by molar-refractivity contribution is -0.385. The van der Waals surface area contributed by atoms with Gasteiger partial charge >= 0.3 is 0 Å². The Kier molecular flexibility index (Phi) is 12.0. The minimum atomic E-state index is -4.61. The fourth-order valence-corrected chi connectivity index (χ4v) is 2.57. The Balaban J connectivity index is 0.000000449. The number of nitrogens with zero attached hydrogens (tertiary/aromatic N) is 1. The zero-order valence-electron chi connectivity index (χ0n) is 14.3. The number of non-ortho nitro benzene ring substituents is 1. The molecule has 138 valence electrons. The summed E-state index contributed by atoms with van der Waals surface area (Å²) >= 11 is 0. The molecule has 0 radical (unpaired) electrons. The van der Waals surface area contributed by atoms with E-state index in [1.807, 2.05) is 0 Å². The second kappa shape index (κ2) is 12.9. The van der Waals surface area contributed by atoms with Crippen LogP contribution in [0.5, 0.6) is 0 Å². The number of hydrogen-bond donors (Lipinski definition) is 1. The van der Waals surface area contributed by atoms with Gasteiger partial charge in [-0.3, -0.25) is 10.1 Å². The van der Waals surface area contributed by atoms with Crippen molar-refractivity contribution in [1.29, 1.82) is 0 Å². The van der Waals surface area contributed by atoms with Crippen molar-refractivity contribution in [2.45, 2.75) is 63.2 Å². The van der Waals surface area contributed by atoms with Crippen LogP contribution in [0.1, 0.15) is 58.3 Å². The Morgan fingerprint density at radius 1 is 1.04 bits per heavy atom. The van der Waals surface area contributed by atoms with Gasteiger partial charge in [0.1, 0.15) is 10.1 Å². The van der Waals surface area contributed by atoms with Gasteiger partial charge in [0, 0.05) is 12.1 Å². The molecule has 0 aliphatic rings. The number of nitro groups is 1. The molecule has 0 amide bonds. The van der Waals surface area contributed by atoms with Gasteiger partial charge in [0.05, 0.1) is 16.4 Å². The molecule has 0 saturated heterocycles. The Labute approximate surface area is 144 Å². The Morgan fingerprint density at radius 3 is 2.04 bits per heavy atom. The van der Waals surface area contributed by atoms with Crippen LogP contribution in [0.3, 0.4) is 0 Å². The normalized spacial score (nSPS) is 10.8. The lowest BCUT2D eigenvalue weighted by Gasteiger charge is -2.05. The Hall–Kier alpha value is -1.51. The van der Waals surface area contributed by atoms with Crippen molar-refractivity contribution in [2.24, 2.45) is 0 Å². The molecule has 0 aliphatic heterocycles. The summed E-state index contributed by atoms with van der Waals surface area (Å²) in [6.45, 7) is 3.39. The molecule has 1 rings (SSSR count). The predicted molar refractivity (Wildman–Crippen MR) is 91.4 cm³/mol. The van der Waals surface area contributed by atoms with Crippen LogP contribution in [0, 0.1) is 10.1 Å². The van der Waals surface area contributed by atoms with E-state index in [-0.39, 0.29) is 0 Å². The second-order valence-electron chi connectivity index (χ2n) is 5.54. The van der Waals surface area contributed by atoms with Crippen LogP contribution in [0.25, 0.3) is 0 Å². The Bertz CT molecular complexity index is 568. The van der Waals surface area contributed by atoms with Crippen LogP contribution < -0.4 is 5.73 Å². The molecule has 0 bridgehead atoms. The fraction of sp³-hybridized carbons (Fsp3) is 0.625. The summed E-state index contributed by atoms with van der Waals surface area (Å²) < 4.78 is 31.3. The minimum Gasteiger partial charge on any atom is -0.744 e. The predicted octanol–water partition coefficient (Wildman–Crippen LogP) is 2.87. The van der Waals surface area contributed by atoms with Crippen molar-refractivity contribution in [2.75, 3.05) is 6.54 Å². The molecule has 0 spiro atoms. The highest BCUT2D eigenvalue weighted by molar-refractivity contribution is 7.85. The van der Waals surface area contributed by atoms with E-state index in [9.17, 15) is 23.1 Å². The number of rotatable bonds is 10. The smallest absolute Gasteiger partial charge is 0.270 e. The molecule has 0 heterocycles. The first-order valence-corrected chi connectivity index (χ1v) is 9.73. The third-order valence-corrected chi connectivity index (χ3v) is 4.25. The molecule has 8 heteroatoms. The highest BCUT2D eigenvalue weighted by Crippen LogP contribution is 2.16. The van der Waals surface area contributed by atoms with Crippen molar-refractivity contribution in [3.8, 4) is 0 Å². The number of benzene rings is 1. The summed E-state index contributed by atoms with van der Waals surface area (Å²) in [6, 6.07) is 3.98. The average molecular weight is 360 g/mol. The van der Waals surface area contributed by atoms with Gasteiger partial charge in [-0.05, 0) is 18.9 Å². The van der Waals surface area contributed by atoms with Gasteiger partial charge in [0.2, 0.25) is 0 Å². The molecule has 7 nitrogen and oxygen atoms in total. The maximum absolute atomic E-state index is 10.4. The molecule has 0 aliphatic carbocycles. The lowest BCUT2D eigenvalue weighted by Crippen LogP contribution is -2.50. The molecule has 1 aromatic carbocycles. The highest BCUT2D eigenvalue weighted by Gasteiger charge is 2.08. The van der Waals surface area contributed by atoms with Crippen LogP contribution in [-0.4, -0.2) is 24.4 Å². The van der Waals surface area contributed by atoms with Gasteiger partial charge in [0.25, 0.3) is 5.69 Å². The van der Waals surface area contributed by atoms with Gasteiger partial charge < -0.3 is 10.3 Å². The lowest BCUT2D eigenvalue weighted by atomic mass is 10.1. The third kappa shape index (κ3) is 11.1. The van der Waals surface area contributed by atoms with Gasteiger partial charge in [-0.15, -0.1) is 0 Å². The largest absolute Gasteiger partial charge is 0.744 e. The Morgan fingerprint density at radius 2 is 1.58 bits per heavy atom. The van der Waals surface area contributed by atoms with Gasteiger partial charge in [-0.25, -0.2) is 8.42 Å². The van der Waals surface area contributed by atoms with Crippen LogP contribution >= 0.6 is 0 Å². The molecule has 24 heavy (non-hydrogen) atoms. The highest BCUT2D eigenvalue weighted by atomic mass is 32.2. The van der Waals surface area contributed by atoms with Gasteiger partial charge in [-0.1, -0.05) is 51.5 Å². The maximum Gasteiger partial charge on any atom is 0.270 e. The van der Waals surface area contributed by atoms with Crippen LogP contribution in [0.15, 0.2) is 29.2 Å². The van der Waals surface area contributed by atoms with E-state index in [0.717, 1.165) is 30.8 Å². The summed E-state index contributed by atoms with van der Waals surface area (Å²) in [7, 11) is -4.61. The van der Waals surface area contributed by atoms with E-state index in [2.05, 4.69) is 12.7 Å². The van der Waals surface area contributed by atoms with Crippen molar-refractivity contribution >= 4 is 15.8 Å². The molecule has 3 N–H and O–H groups in total. The SMILES string of the molecule is CCCCCCCCCC[NH3+].O=[N+]([O-])c1cccc(S(=O)(=O)[O-])c1. The molecular weight excluding hydrogens is 332 g/mol. The zero-order chi connectivity index (χ0) is 18.4. The molecule has 0 aromatic heterocycles. The first-order chi connectivity index (χ1) is 11.3. The standard InChI is InChI=1S/C10H23N.C6H5NO5S/c1-2-3-4-5-6-7-8-9-10-11;8-7(9)5-2-1-3-6(4-5)13(10,11)12/h2-11H2,1H3;1-4H,(H,10,11,12). The van der Waals surface area contributed by atoms with Crippen LogP contribution in [-0.2, 0) is 10.1 Å². The minimum absolute atomic E-state index is 0.420. The topological polar surface area (TPSA) is 128 Å². The van der Waals surface area contributed by atoms with E-state index < -0.39 is 25.6 Å². The van der Waals surface area contributed by atoms with Crippen LogP contribution in [0.2, 0.25) is 0 Å². The van der Waals surface area contributed by atoms with Gasteiger partial charge in [0.15, 0.2) is 0 Å². The van der Waals surface area contributed by atoms with Crippen molar-refractivity contribution < 1.29 is 23.6 Å². The molecule has 0 unspecified atom stereocenters. The maximum atomic E-state index is 10.4. The first kappa shape index (κ1) is 22.5. The van der Waals surface area contributed by atoms with Gasteiger partial charge in [-0.2, -0.15) is 0 Å². The number of quaternary nitrogens is 1. The van der Waals surface area contributed by atoms with E-state index in [1.165, 1.54) is 51.4 Å². The third-order valence-electron chi connectivity index (χ3n) is 3.42. The summed E-state index contributed by atoms with van der Waals surface area (Å²) in [5, 5.41) is 10.2. The number of hydrogen-bond acceptors (Lipinski definition) is 5. The van der Waals surface area contributed by atoms with E-state index >= 15 is 0 Å². The summed E-state index contributed by atoms with van der Waals surface area (Å²) in [6.07, 6.45) is 11.3. The van der Waals surface area contributed by atoms with E-state index in [0.29, 0.717) is 0 Å². The molecule has 0 atom stereocenters. The van der Waals surface area contributed by atoms with Crippen molar-refractivity contribution in [3.63, 3.8) is 0 Å².